The van der Waals surface area contributed by atoms with Crippen molar-refractivity contribution in [2.24, 2.45) is 17.3 Å². The Balaban J connectivity index is 2.44. The lowest BCUT2D eigenvalue weighted by Crippen LogP contribution is -2.40. The first-order valence-electron chi connectivity index (χ1n) is 8.05. The summed E-state index contributed by atoms with van der Waals surface area (Å²) in [5.41, 5.74) is 3.49. The van der Waals surface area contributed by atoms with Crippen molar-refractivity contribution in [3.8, 4) is 0 Å². The minimum atomic E-state index is -0.132. The summed E-state index contributed by atoms with van der Waals surface area (Å²) in [5.74, 6) is 1.21. The topological polar surface area (TPSA) is 20.2 Å². The molecule has 0 amide bonds. The molecule has 18 heavy (non-hydrogen) atoms. The lowest BCUT2D eigenvalue weighted by Gasteiger charge is -2.47. The number of allylic oxidation sites excluding steroid dienone is 1. The smallest absolute Gasteiger partial charge is 0.0786 e. The Labute approximate surface area is 113 Å². The maximum absolute atomic E-state index is 10.7. The second kappa shape index (κ2) is 5.36. The number of fused-ring (bicyclic) bond motifs is 1. The van der Waals surface area contributed by atoms with E-state index < -0.39 is 0 Å². The molecule has 2 rings (SSSR count). The molecule has 104 valence electrons. The van der Waals surface area contributed by atoms with Crippen molar-refractivity contribution >= 4 is 0 Å². The van der Waals surface area contributed by atoms with Crippen molar-refractivity contribution in [3.63, 3.8) is 0 Å². The molecule has 2 aliphatic carbocycles. The summed E-state index contributed by atoms with van der Waals surface area (Å²) in [6.45, 7) is 9.21. The monoisotopic (exact) mass is 250 g/mol. The van der Waals surface area contributed by atoms with Gasteiger partial charge in [0.1, 0.15) is 0 Å². The molecule has 0 unspecified atom stereocenters. The van der Waals surface area contributed by atoms with Crippen LogP contribution in [0.25, 0.3) is 0 Å². The van der Waals surface area contributed by atoms with Crippen LogP contribution in [0.1, 0.15) is 72.6 Å². The highest BCUT2D eigenvalue weighted by Crippen LogP contribution is 2.58. The van der Waals surface area contributed by atoms with Crippen molar-refractivity contribution in [1.82, 2.24) is 0 Å². The third kappa shape index (κ3) is 1.86. The Bertz CT molecular complexity index is 325. The van der Waals surface area contributed by atoms with Gasteiger partial charge in [0.2, 0.25) is 0 Å². The van der Waals surface area contributed by atoms with Gasteiger partial charge in [-0.1, -0.05) is 39.7 Å². The van der Waals surface area contributed by atoms with Gasteiger partial charge < -0.3 is 5.11 Å². The Morgan fingerprint density at radius 2 is 1.67 bits per heavy atom. The lowest BCUT2D eigenvalue weighted by molar-refractivity contribution is 0.0151. The van der Waals surface area contributed by atoms with E-state index in [4.69, 9.17) is 0 Å². The molecule has 2 aliphatic rings. The fraction of sp³-hybridized carbons (Fsp3) is 0.882. The zero-order chi connectivity index (χ0) is 13.3. The Morgan fingerprint density at radius 3 is 2.17 bits per heavy atom. The molecule has 0 saturated heterocycles. The molecule has 0 heterocycles. The van der Waals surface area contributed by atoms with E-state index in [0.29, 0.717) is 17.3 Å². The molecular weight excluding hydrogens is 220 g/mol. The molecule has 0 bridgehead atoms. The number of aliphatic hydroxyl groups excluding tert-OH is 1. The van der Waals surface area contributed by atoms with Crippen LogP contribution in [0.5, 0.6) is 0 Å². The number of hydrogen-bond acceptors (Lipinski definition) is 1. The van der Waals surface area contributed by atoms with E-state index in [9.17, 15) is 5.11 Å². The van der Waals surface area contributed by atoms with Gasteiger partial charge in [0.05, 0.1) is 6.10 Å². The van der Waals surface area contributed by atoms with Crippen molar-refractivity contribution in [1.29, 1.82) is 0 Å². The first kappa shape index (κ1) is 14.1. The van der Waals surface area contributed by atoms with E-state index in [1.165, 1.54) is 37.7 Å². The molecule has 1 saturated carbocycles. The summed E-state index contributed by atoms with van der Waals surface area (Å²) in [5, 5.41) is 10.7. The van der Waals surface area contributed by atoms with Gasteiger partial charge in [-0.25, -0.2) is 0 Å². The van der Waals surface area contributed by atoms with Crippen LogP contribution in [0.15, 0.2) is 11.1 Å². The highest BCUT2D eigenvalue weighted by molar-refractivity contribution is 5.32. The summed E-state index contributed by atoms with van der Waals surface area (Å²) >= 11 is 0. The van der Waals surface area contributed by atoms with Crippen LogP contribution >= 0.6 is 0 Å². The molecule has 3 atom stereocenters. The first-order chi connectivity index (χ1) is 8.65. The second-order valence-electron chi connectivity index (χ2n) is 6.31. The fourth-order valence-corrected chi connectivity index (χ4v) is 5.01. The summed E-state index contributed by atoms with van der Waals surface area (Å²) in [6.07, 6.45) is 8.52. The molecule has 0 aromatic heterocycles. The third-order valence-electron chi connectivity index (χ3n) is 6.02. The van der Waals surface area contributed by atoms with Gasteiger partial charge in [0, 0.05) is 0 Å². The fourth-order valence-electron chi connectivity index (χ4n) is 5.01. The molecule has 1 nitrogen and oxygen atoms in total. The Morgan fingerprint density at radius 1 is 1.06 bits per heavy atom. The summed E-state index contributed by atoms with van der Waals surface area (Å²) < 4.78 is 0. The predicted molar refractivity (Wildman–Crippen MR) is 77.5 cm³/mol. The van der Waals surface area contributed by atoms with Crippen LogP contribution in [0.2, 0.25) is 0 Å². The standard InChI is InChI=1S/C17H30O/c1-5-12-13(6-2)16(18)14-10-9-11-17(7-3,8-4)15(12)14/h14-16,18H,5-11H2,1-4H3/t14-,15-,16+/m0/s1. The summed E-state index contributed by atoms with van der Waals surface area (Å²) in [7, 11) is 0. The zero-order valence-electron chi connectivity index (χ0n) is 12.6. The van der Waals surface area contributed by atoms with E-state index >= 15 is 0 Å². The normalized spacial score (nSPS) is 34.8. The van der Waals surface area contributed by atoms with E-state index in [1.807, 2.05) is 0 Å². The minimum Gasteiger partial charge on any atom is -0.388 e. The van der Waals surface area contributed by atoms with Crippen LogP contribution < -0.4 is 0 Å². The van der Waals surface area contributed by atoms with E-state index in [1.54, 1.807) is 5.57 Å². The minimum absolute atomic E-state index is 0.132. The van der Waals surface area contributed by atoms with Crippen LogP contribution in [0.3, 0.4) is 0 Å². The largest absolute Gasteiger partial charge is 0.388 e. The molecule has 1 heteroatoms. The molecule has 0 aromatic carbocycles. The van der Waals surface area contributed by atoms with Gasteiger partial charge in [0.15, 0.2) is 0 Å². The van der Waals surface area contributed by atoms with Gasteiger partial charge >= 0.3 is 0 Å². The molecule has 0 aliphatic heterocycles. The maximum atomic E-state index is 10.7. The first-order valence-corrected chi connectivity index (χ1v) is 8.05. The van der Waals surface area contributed by atoms with Crippen molar-refractivity contribution in [2.45, 2.75) is 78.7 Å². The highest BCUT2D eigenvalue weighted by atomic mass is 16.3. The van der Waals surface area contributed by atoms with Crippen LogP contribution in [0.4, 0.5) is 0 Å². The zero-order valence-corrected chi connectivity index (χ0v) is 12.6. The van der Waals surface area contributed by atoms with Crippen LogP contribution in [-0.4, -0.2) is 11.2 Å². The van der Waals surface area contributed by atoms with Gasteiger partial charge in [0.25, 0.3) is 0 Å². The van der Waals surface area contributed by atoms with Gasteiger partial charge in [-0.3, -0.25) is 0 Å². The number of aliphatic hydroxyl groups is 1. The quantitative estimate of drug-likeness (QED) is 0.717. The van der Waals surface area contributed by atoms with E-state index in [-0.39, 0.29) is 6.10 Å². The SMILES string of the molecule is CCC1=C(CC)[C@H]2[C@H](CCCC2(CC)CC)[C@@H]1O. The van der Waals surface area contributed by atoms with Crippen molar-refractivity contribution in [3.05, 3.63) is 11.1 Å². The Kier molecular flexibility index (Phi) is 4.21. The molecule has 0 spiro atoms. The summed E-state index contributed by atoms with van der Waals surface area (Å²) in [4.78, 5) is 0. The van der Waals surface area contributed by atoms with Gasteiger partial charge in [-0.05, 0) is 61.3 Å². The molecule has 1 fully saturated rings. The van der Waals surface area contributed by atoms with E-state index in [0.717, 1.165) is 12.8 Å². The average molecular weight is 250 g/mol. The third-order valence-corrected chi connectivity index (χ3v) is 6.02. The van der Waals surface area contributed by atoms with E-state index in [2.05, 4.69) is 27.7 Å². The maximum Gasteiger partial charge on any atom is 0.0786 e. The van der Waals surface area contributed by atoms with Crippen LogP contribution in [0, 0.1) is 17.3 Å². The molecule has 1 N–H and O–H groups in total. The van der Waals surface area contributed by atoms with Crippen LogP contribution in [-0.2, 0) is 0 Å². The second-order valence-corrected chi connectivity index (χ2v) is 6.31. The molecule has 0 aromatic rings. The highest BCUT2D eigenvalue weighted by Gasteiger charge is 2.51. The van der Waals surface area contributed by atoms with Crippen molar-refractivity contribution < 1.29 is 5.11 Å². The predicted octanol–water partition coefficient (Wildman–Crippen LogP) is 4.70. The molecule has 0 radical (unpaired) electrons. The van der Waals surface area contributed by atoms with Gasteiger partial charge in [-0.2, -0.15) is 0 Å². The average Bonchev–Trinajstić information content (AvgIpc) is 2.71. The summed E-state index contributed by atoms with van der Waals surface area (Å²) in [6, 6.07) is 0. The number of rotatable bonds is 4. The van der Waals surface area contributed by atoms with Crippen molar-refractivity contribution in [2.75, 3.05) is 0 Å². The lowest BCUT2D eigenvalue weighted by atomic mass is 9.58. The number of hydrogen-bond donors (Lipinski definition) is 1. The Hall–Kier alpha value is -0.300. The molecular formula is C17H30O. The van der Waals surface area contributed by atoms with Gasteiger partial charge in [-0.15, -0.1) is 0 Å².